The molecule has 2 atom stereocenters. The van der Waals surface area contributed by atoms with Gasteiger partial charge in [0, 0.05) is 38.3 Å². The van der Waals surface area contributed by atoms with Crippen LogP contribution in [0.1, 0.15) is 46.0 Å². The lowest BCUT2D eigenvalue weighted by atomic mass is 9.96. The van der Waals surface area contributed by atoms with E-state index >= 15 is 0 Å². The average molecular weight is 347 g/mol. The first-order chi connectivity index (χ1) is 10.5. The highest BCUT2D eigenvalue weighted by atomic mass is 35.5. The van der Waals surface area contributed by atoms with Crippen molar-refractivity contribution in [2.45, 2.75) is 58.0 Å². The number of carbonyl (C=O) groups excluding carboxylic acids is 2. The molecular formula is C16H31ClN4O2. The van der Waals surface area contributed by atoms with E-state index in [1.807, 2.05) is 23.6 Å². The molecule has 0 bridgehead atoms. The monoisotopic (exact) mass is 346 g/mol. The molecule has 134 valence electrons. The summed E-state index contributed by atoms with van der Waals surface area (Å²) in [4.78, 5) is 28.2. The zero-order valence-electron chi connectivity index (χ0n) is 14.3. The van der Waals surface area contributed by atoms with Gasteiger partial charge in [-0.05, 0) is 19.8 Å². The average Bonchev–Trinajstić information content (AvgIpc) is 2.54. The summed E-state index contributed by atoms with van der Waals surface area (Å²) in [5, 5.41) is 3.14. The molecule has 1 aliphatic heterocycles. The maximum atomic E-state index is 12.3. The number of rotatable bonds is 3. The Bertz CT molecular complexity index is 392. The summed E-state index contributed by atoms with van der Waals surface area (Å²) in [6.45, 7) is 6.15. The predicted molar refractivity (Wildman–Crippen MR) is 93.6 cm³/mol. The van der Waals surface area contributed by atoms with Crippen LogP contribution in [0.3, 0.4) is 0 Å². The number of hydrogen-bond acceptors (Lipinski definition) is 3. The summed E-state index contributed by atoms with van der Waals surface area (Å²) in [6.07, 6.45) is 5.89. The number of nitrogens with zero attached hydrogens (tertiary/aromatic N) is 2. The highest BCUT2D eigenvalue weighted by Crippen LogP contribution is 2.18. The van der Waals surface area contributed by atoms with Crippen molar-refractivity contribution in [1.29, 1.82) is 0 Å². The second-order valence-electron chi connectivity index (χ2n) is 6.74. The molecule has 1 heterocycles. The summed E-state index contributed by atoms with van der Waals surface area (Å²) in [7, 11) is 0. The summed E-state index contributed by atoms with van der Waals surface area (Å²) in [5.41, 5.74) is 5.80. The molecule has 1 saturated carbocycles. The van der Waals surface area contributed by atoms with Gasteiger partial charge in [-0.2, -0.15) is 0 Å². The van der Waals surface area contributed by atoms with Crippen molar-refractivity contribution in [3.8, 4) is 0 Å². The lowest BCUT2D eigenvalue weighted by molar-refractivity contribution is -0.136. The van der Waals surface area contributed by atoms with E-state index in [1.165, 1.54) is 19.3 Å². The first-order valence-electron chi connectivity index (χ1n) is 8.59. The van der Waals surface area contributed by atoms with E-state index in [0.29, 0.717) is 32.2 Å². The van der Waals surface area contributed by atoms with E-state index in [0.717, 1.165) is 12.8 Å². The first kappa shape index (κ1) is 20.0. The largest absolute Gasteiger partial charge is 0.339 e. The molecule has 2 unspecified atom stereocenters. The molecule has 7 heteroatoms. The first-order valence-corrected chi connectivity index (χ1v) is 8.59. The number of urea groups is 1. The second-order valence-corrected chi connectivity index (χ2v) is 6.74. The predicted octanol–water partition coefficient (Wildman–Crippen LogP) is 1.58. The maximum Gasteiger partial charge on any atom is 0.317 e. The van der Waals surface area contributed by atoms with Crippen molar-refractivity contribution < 1.29 is 9.59 Å². The van der Waals surface area contributed by atoms with Crippen LogP contribution < -0.4 is 11.1 Å². The third kappa shape index (κ3) is 5.53. The summed E-state index contributed by atoms with van der Waals surface area (Å²) in [6, 6.07) is 0.221. The van der Waals surface area contributed by atoms with Crippen molar-refractivity contribution in [2.24, 2.45) is 11.7 Å². The Morgan fingerprint density at radius 3 is 2.04 bits per heavy atom. The Hall–Kier alpha value is -1.01. The van der Waals surface area contributed by atoms with Gasteiger partial charge in [-0.3, -0.25) is 4.79 Å². The molecule has 1 aliphatic carbocycles. The van der Waals surface area contributed by atoms with E-state index in [-0.39, 0.29) is 36.3 Å². The number of carbonyl (C=O) groups is 2. The van der Waals surface area contributed by atoms with Gasteiger partial charge in [0.1, 0.15) is 0 Å². The van der Waals surface area contributed by atoms with Crippen LogP contribution in [-0.2, 0) is 4.79 Å². The molecule has 1 saturated heterocycles. The summed E-state index contributed by atoms with van der Waals surface area (Å²) in [5.74, 6) is -0.0649. The highest BCUT2D eigenvalue weighted by Gasteiger charge is 2.29. The van der Waals surface area contributed by atoms with Crippen molar-refractivity contribution in [2.75, 3.05) is 26.2 Å². The van der Waals surface area contributed by atoms with Gasteiger partial charge in [0.25, 0.3) is 0 Å². The minimum Gasteiger partial charge on any atom is -0.339 e. The van der Waals surface area contributed by atoms with E-state index in [9.17, 15) is 9.59 Å². The SMILES string of the molecule is CC(N)C(C)C(=O)N1CCN(C(=O)NC2CCCCC2)CC1.Cl. The molecule has 2 rings (SSSR count). The Morgan fingerprint density at radius 2 is 1.52 bits per heavy atom. The third-order valence-corrected chi connectivity index (χ3v) is 4.99. The zero-order chi connectivity index (χ0) is 16.1. The number of nitrogens with two attached hydrogens (primary N) is 1. The fourth-order valence-corrected chi connectivity index (χ4v) is 3.16. The molecular weight excluding hydrogens is 316 g/mol. The lowest BCUT2D eigenvalue weighted by Crippen LogP contribution is -2.56. The minimum absolute atomic E-state index is 0. The van der Waals surface area contributed by atoms with E-state index < -0.39 is 0 Å². The van der Waals surface area contributed by atoms with Crippen molar-refractivity contribution in [3.05, 3.63) is 0 Å². The number of nitrogens with one attached hydrogen (secondary N) is 1. The van der Waals surface area contributed by atoms with Gasteiger partial charge in [-0.1, -0.05) is 26.2 Å². The summed E-state index contributed by atoms with van der Waals surface area (Å²) >= 11 is 0. The smallest absolute Gasteiger partial charge is 0.317 e. The molecule has 0 spiro atoms. The topological polar surface area (TPSA) is 78.7 Å². The van der Waals surface area contributed by atoms with E-state index in [4.69, 9.17) is 5.73 Å². The van der Waals surface area contributed by atoms with Gasteiger partial charge in [0.2, 0.25) is 5.91 Å². The zero-order valence-corrected chi connectivity index (χ0v) is 15.1. The van der Waals surface area contributed by atoms with Crippen molar-refractivity contribution in [3.63, 3.8) is 0 Å². The molecule has 0 aromatic carbocycles. The van der Waals surface area contributed by atoms with Gasteiger partial charge >= 0.3 is 6.03 Å². The minimum atomic E-state index is -0.164. The molecule has 3 N–H and O–H groups in total. The van der Waals surface area contributed by atoms with Gasteiger partial charge in [0.15, 0.2) is 0 Å². The van der Waals surface area contributed by atoms with Crippen LogP contribution in [0.25, 0.3) is 0 Å². The lowest BCUT2D eigenvalue weighted by Gasteiger charge is -2.37. The van der Waals surface area contributed by atoms with Gasteiger partial charge in [-0.15, -0.1) is 12.4 Å². The number of piperazine rings is 1. The molecule has 3 amide bonds. The Balaban J connectivity index is 0.00000264. The van der Waals surface area contributed by atoms with Crippen LogP contribution in [0.15, 0.2) is 0 Å². The van der Waals surface area contributed by atoms with Gasteiger partial charge in [0.05, 0.1) is 5.92 Å². The fourth-order valence-electron chi connectivity index (χ4n) is 3.16. The van der Waals surface area contributed by atoms with Crippen LogP contribution in [0.5, 0.6) is 0 Å². The standard InChI is InChI=1S/C16H30N4O2.ClH/c1-12(13(2)17)15(21)19-8-10-20(11-9-19)16(22)18-14-6-4-3-5-7-14;/h12-14H,3-11,17H2,1-2H3,(H,18,22);1H. The van der Waals surface area contributed by atoms with Crippen molar-refractivity contribution >= 4 is 24.3 Å². The Kier molecular flexibility index (Phi) is 8.12. The normalized spacial score (nSPS) is 22.0. The molecule has 2 fully saturated rings. The number of amides is 3. The fraction of sp³-hybridized carbons (Fsp3) is 0.875. The van der Waals surface area contributed by atoms with Crippen LogP contribution in [0.4, 0.5) is 4.79 Å². The number of halogens is 1. The molecule has 0 aromatic rings. The Labute approximate surface area is 145 Å². The molecule has 23 heavy (non-hydrogen) atoms. The van der Waals surface area contributed by atoms with Crippen LogP contribution in [0.2, 0.25) is 0 Å². The number of hydrogen-bond donors (Lipinski definition) is 2. The second kappa shape index (κ2) is 9.33. The summed E-state index contributed by atoms with van der Waals surface area (Å²) < 4.78 is 0. The van der Waals surface area contributed by atoms with Crippen molar-refractivity contribution in [1.82, 2.24) is 15.1 Å². The molecule has 6 nitrogen and oxygen atoms in total. The van der Waals surface area contributed by atoms with Gasteiger partial charge < -0.3 is 20.9 Å². The van der Waals surface area contributed by atoms with E-state index in [1.54, 1.807) is 0 Å². The van der Waals surface area contributed by atoms with Crippen LogP contribution >= 0.6 is 12.4 Å². The molecule has 0 radical (unpaired) electrons. The third-order valence-electron chi connectivity index (χ3n) is 4.99. The van der Waals surface area contributed by atoms with Crippen LogP contribution in [0, 0.1) is 5.92 Å². The molecule has 2 aliphatic rings. The molecule has 0 aromatic heterocycles. The van der Waals surface area contributed by atoms with Crippen LogP contribution in [-0.4, -0.2) is 60.0 Å². The Morgan fingerprint density at radius 1 is 1.00 bits per heavy atom. The maximum absolute atomic E-state index is 12.3. The van der Waals surface area contributed by atoms with Gasteiger partial charge in [-0.25, -0.2) is 4.79 Å². The highest BCUT2D eigenvalue weighted by molar-refractivity contribution is 5.85. The quantitative estimate of drug-likeness (QED) is 0.814. The van der Waals surface area contributed by atoms with E-state index in [2.05, 4.69) is 5.32 Å².